The van der Waals surface area contributed by atoms with Crippen LogP contribution in [0.15, 0.2) is 12.2 Å². The summed E-state index contributed by atoms with van der Waals surface area (Å²) < 4.78 is 0. The highest BCUT2D eigenvalue weighted by atomic mass is 14.6. The van der Waals surface area contributed by atoms with Crippen LogP contribution in [-0.4, -0.2) is 6.04 Å². The summed E-state index contributed by atoms with van der Waals surface area (Å²) >= 11 is 0. The molecule has 0 fully saturated rings. The Labute approximate surface area is 70.7 Å². The Bertz CT molecular complexity index is 105. The van der Waals surface area contributed by atoms with E-state index in [4.69, 9.17) is 5.73 Å². The molecule has 0 bridgehead atoms. The Morgan fingerprint density at radius 1 is 1.27 bits per heavy atom. The Morgan fingerprint density at radius 3 is 2.36 bits per heavy atom. The molecule has 0 aliphatic heterocycles. The van der Waals surface area contributed by atoms with Crippen molar-refractivity contribution < 1.29 is 0 Å². The summed E-state index contributed by atoms with van der Waals surface area (Å²) in [4.78, 5) is 0. The molecule has 2 atom stereocenters. The Balaban J connectivity index is 3.24. The number of hydrogen-bond acceptors (Lipinski definition) is 1. The quantitative estimate of drug-likeness (QED) is 0.607. The topological polar surface area (TPSA) is 26.0 Å². The van der Waals surface area contributed by atoms with Crippen LogP contribution < -0.4 is 5.73 Å². The second-order valence-corrected chi connectivity index (χ2v) is 3.41. The van der Waals surface area contributed by atoms with E-state index in [1.807, 2.05) is 0 Å². The third kappa shape index (κ3) is 7.60. The van der Waals surface area contributed by atoms with Crippen LogP contribution in [-0.2, 0) is 0 Å². The standard InChI is InChI=1S/C10H21N/c1-4-6-9(2)7-5-8-10(3)11/h4,6,9-10H,5,7-8,11H2,1-3H3/b6-4+. The lowest BCUT2D eigenvalue weighted by atomic mass is 10.0. The number of hydrogen-bond donors (Lipinski definition) is 1. The number of nitrogens with two attached hydrogens (primary N) is 1. The van der Waals surface area contributed by atoms with Gasteiger partial charge in [-0.2, -0.15) is 0 Å². The van der Waals surface area contributed by atoms with Gasteiger partial charge in [0.15, 0.2) is 0 Å². The maximum Gasteiger partial charge on any atom is 0.00104 e. The summed E-state index contributed by atoms with van der Waals surface area (Å²) in [6.07, 6.45) is 8.05. The van der Waals surface area contributed by atoms with Crippen LogP contribution in [0.2, 0.25) is 0 Å². The molecular formula is C10H21N. The van der Waals surface area contributed by atoms with Gasteiger partial charge in [0.25, 0.3) is 0 Å². The lowest BCUT2D eigenvalue weighted by molar-refractivity contribution is 0.541. The lowest BCUT2D eigenvalue weighted by Crippen LogP contribution is -2.14. The first-order chi connectivity index (χ1) is 5.16. The second-order valence-electron chi connectivity index (χ2n) is 3.41. The molecule has 66 valence electrons. The van der Waals surface area contributed by atoms with E-state index in [2.05, 4.69) is 32.9 Å². The predicted octanol–water partition coefficient (Wildman–Crippen LogP) is 2.72. The van der Waals surface area contributed by atoms with Gasteiger partial charge in [-0.05, 0) is 32.6 Å². The van der Waals surface area contributed by atoms with Gasteiger partial charge in [-0.25, -0.2) is 0 Å². The van der Waals surface area contributed by atoms with E-state index >= 15 is 0 Å². The van der Waals surface area contributed by atoms with Gasteiger partial charge in [0.1, 0.15) is 0 Å². The van der Waals surface area contributed by atoms with E-state index < -0.39 is 0 Å². The highest BCUT2D eigenvalue weighted by molar-refractivity contribution is 4.82. The average Bonchev–Trinajstić information content (AvgIpc) is 1.87. The van der Waals surface area contributed by atoms with Gasteiger partial charge in [0.2, 0.25) is 0 Å². The molecule has 0 heterocycles. The Kier molecular flexibility index (Phi) is 6.24. The van der Waals surface area contributed by atoms with E-state index in [0.29, 0.717) is 6.04 Å². The predicted molar refractivity (Wildman–Crippen MR) is 51.5 cm³/mol. The molecule has 2 N–H and O–H groups in total. The maximum absolute atomic E-state index is 5.63. The van der Waals surface area contributed by atoms with Crippen LogP contribution in [0.3, 0.4) is 0 Å². The first-order valence-electron chi connectivity index (χ1n) is 4.55. The van der Waals surface area contributed by atoms with Crippen molar-refractivity contribution in [3.8, 4) is 0 Å². The number of allylic oxidation sites excluding steroid dienone is 2. The summed E-state index contributed by atoms with van der Waals surface area (Å²) in [5, 5.41) is 0. The third-order valence-corrected chi connectivity index (χ3v) is 1.84. The fraction of sp³-hybridized carbons (Fsp3) is 0.800. The molecule has 1 heteroatoms. The fourth-order valence-electron chi connectivity index (χ4n) is 1.19. The monoisotopic (exact) mass is 155 g/mol. The van der Waals surface area contributed by atoms with Gasteiger partial charge >= 0.3 is 0 Å². The molecule has 11 heavy (non-hydrogen) atoms. The molecule has 0 aromatic rings. The average molecular weight is 155 g/mol. The van der Waals surface area contributed by atoms with Crippen LogP contribution in [0, 0.1) is 5.92 Å². The molecule has 0 rings (SSSR count). The molecule has 0 aromatic heterocycles. The molecule has 0 aromatic carbocycles. The summed E-state index contributed by atoms with van der Waals surface area (Å²) in [5.41, 5.74) is 5.63. The fourth-order valence-corrected chi connectivity index (χ4v) is 1.19. The zero-order valence-corrected chi connectivity index (χ0v) is 8.01. The number of rotatable bonds is 5. The van der Waals surface area contributed by atoms with E-state index in [1.54, 1.807) is 0 Å². The van der Waals surface area contributed by atoms with E-state index in [-0.39, 0.29) is 0 Å². The van der Waals surface area contributed by atoms with E-state index in [0.717, 1.165) is 12.3 Å². The van der Waals surface area contributed by atoms with Gasteiger partial charge in [0, 0.05) is 6.04 Å². The Morgan fingerprint density at radius 2 is 1.91 bits per heavy atom. The van der Waals surface area contributed by atoms with Crippen molar-refractivity contribution in [2.45, 2.75) is 46.1 Å². The van der Waals surface area contributed by atoms with Crippen LogP contribution in [0.4, 0.5) is 0 Å². The minimum Gasteiger partial charge on any atom is -0.328 e. The van der Waals surface area contributed by atoms with Gasteiger partial charge < -0.3 is 5.73 Å². The van der Waals surface area contributed by atoms with Crippen molar-refractivity contribution in [2.24, 2.45) is 11.7 Å². The highest BCUT2D eigenvalue weighted by Crippen LogP contribution is 2.09. The SMILES string of the molecule is C/C=C/C(C)CCCC(C)N. The molecule has 0 radical (unpaired) electrons. The summed E-state index contributed by atoms with van der Waals surface area (Å²) in [5.74, 6) is 0.721. The highest BCUT2D eigenvalue weighted by Gasteiger charge is 1.98. The zero-order valence-electron chi connectivity index (χ0n) is 8.01. The van der Waals surface area contributed by atoms with Crippen LogP contribution in [0.5, 0.6) is 0 Å². The summed E-state index contributed by atoms with van der Waals surface area (Å²) in [6, 6.07) is 0.368. The summed E-state index contributed by atoms with van der Waals surface area (Å²) in [7, 11) is 0. The molecule has 0 amide bonds. The normalized spacial score (nSPS) is 17.1. The molecule has 0 aliphatic rings. The third-order valence-electron chi connectivity index (χ3n) is 1.84. The molecule has 0 saturated heterocycles. The summed E-state index contributed by atoms with van der Waals surface area (Å²) in [6.45, 7) is 6.39. The van der Waals surface area contributed by atoms with Crippen molar-refractivity contribution >= 4 is 0 Å². The smallest absolute Gasteiger partial charge is 0.00104 e. The minimum atomic E-state index is 0.368. The molecular weight excluding hydrogens is 134 g/mol. The van der Waals surface area contributed by atoms with Crippen LogP contribution in [0.25, 0.3) is 0 Å². The van der Waals surface area contributed by atoms with Crippen molar-refractivity contribution in [3.05, 3.63) is 12.2 Å². The van der Waals surface area contributed by atoms with Crippen molar-refractivity contribution in [1.29, 1.82) is 0 Å². The van der Waals surface area contributed by atoms with E-state index in [1.165, 1.54) is 12.8 Å². The Hall–Kier alpha value is -0.300. The van der Waals surface area contributed by atoms with Gasteiger partial charge in [-0.15, -0.1) is 0 Å². The minimum absolute atomic E-state index is 0.368. The van der Waals surface area contributed by atoms with Gasteiger partial charge in [-0.1, -0.05) is 25.5 Å². The lowest BCUT2D eigenvalue weighted by Gasteiger charge is -2.07. The maximum atomic E-state index is 5.63. The molecule has 2 unspecified atom stereocenters. The first-order valence-corrected chi connectivity index (χ1v) is 4.55. The van der Waals surface area contributed by atoms with Gasteiger partial charge in [-0.3, -0.25) is 0 Å². The first kappa shape index (κ1) is 10.7. The largest absolute Gasteiger partial charge is 0.328 e. The van der Waals surface area contributed by atoms with Crippen molar-refractivity contribution in [2.75, 3.05) is 0 Å². The molecule has 0 aliphatic carbocycles. The van der Waals surface area contributed by atoms with Crippen molar-refractivity contribution in [1.82, 2.24) is 0 Å². The van der Waals surface area contributed by atoms with Gasteiger partial charge in [0.05, 0.1) is 0 Å². The van der Waals surface area contributed by atoms with Crippen LogP contribution >= 0.6 is 0 Å². The molecule has 0 spiro atoms. The van der Waals surface area contributed by atoms with E-state index in [9.17, 15) is 0 Å². The van der Waals surface area contributed by atoms with Crippen molar-refractivity contribution in [3.63, 3.8) is 0 Å². The van der Waals surface area contributed by atoms with Crippen LogP contribution in [0.1, 0.15) is 40.0 Å². The second kappa shape index (κ2) is 6.41. The molecule has 1 nitrogen and oxygen atoms in total. The molecule has 0 saturated carbocycles. The zero-order chi connectivity index (χ0) is 8.69.